The Morgan fingerprint density at radius 2 is 1.96 bits per heavy atom. The molecular formula is C17H24N6O3. The van der Waals surface area contributed by atoms with Gasteiger partial charge in [0.1, 0.15) is 28.8 Å². The summed E-state index contributed by atoms with van der Waals surface area (Å²) in [5.41, 5.74) is 1.09. The van der Waals surface area contributed by atoms with Gasteiger partial charge in [0.2, 0.25) is 0 Å². The fourth-order valence-electron chi connectivity index (χ4n) is 2.86. The van der Waals surface area contributed by atoms with Crippen molar-refractivity contribution in [3.05, 3.63) is 28.9 Å². The van der Waals surface area contributed by atoms with Crippen molar-refractivity contribution in [1.82, 2.24) is 20.4 Å². The Kier molecular flexibility index (Phi) is 5.67. The van der Waals surface area contributed by atoms with Gasteiger partial charge in [0.05, 0.1) is 18.9 Å². The fourth-order valence-corrected chi connectivity index (χ4v) is 2.86. The number of carbonyl (C=O) groups is 1. The van der Waals surface area contributed by atoms with Crippen molar-refractivity contribution in [2.24, 2.45) is 0 Å². The monoisotopic (exact) mass is 360 g/mol. The number of morpholine rings is 1. The number of hydrogen-bond donors (Lipinski definition) is 2. The Hall–Kier alpha value is -2.68. The molecule has 1 saturated heterocycles. The van der Waals surface area contributed by atoms with Crippen LogP contribution in [0.25, 0.3) is 0 Å². The average Bonchev–Trinajstić information content (AvgIpc) is 2.97. The van der Waals surface area contributed by atoms with E-state index in [1.807, 2.05) is 13.0 Å². The summed E-state index contributed by atoms with van der Waals surface area (Å²) in [6.45, 7) is 9.41. The predicted octanol–water partition coefficient (Wildman–Crippen LogP) is 1.07. The first-order valence-electron chi connectivity index (χ1n) is 8.68. The molecule has 26 heavy (non-hydrogen) atoms. The Balaban J connectivity index is 1.53. The van der Waals surface area contributed by atoms with E-state index in [4.69, 9.17) is 9.26 Å². The summed E-state index contributed by atoms with van der Waals surface area (Å²) in [6, 6.07) is 1.93. The van der Waals surface area contributed by atoms with Crippen LogP contribution in [0.2, 0.25) is 0 Å². The minimum atomic E-state index is -0.184. The normalized spacial score (nSPS) is 14.3. The molecular weight excluding hydrogens is 336 g/mol. The van der Waals surface area contributed by atoms with Gasteiger partial charge in [-0.3, -0.25) is 4.79 Å². The van der Waals surface area contributed by atoms with E-state index in [1.165, 1.54) is 0 Å². The number of hydrogen-bond acceptors (Lipinski definition) is 8. The highest BCUT2D eigenvalue weighted by Gasteiger charge is 2.17. The van der Waals surface area contributed by atoms with Gasteiger partial charge in [-0.1, -0.05) is 5.16 Å². The summed E-state index contributed by atoms with van der Waals surface area (Å²) < 4.78 is 10.4. The van der Waals surface area contributed by atoms with E-state index >= 15 is 0 Å². The summed E-state index contributed by atoms with van der Waals surface area (Å²) in [4.78, 5) is 23.3. The van der Waals surface area contributed by atoms with Crippen molar-refractivity contribution in [3.63, 3.8) is 0 Å². The van der Waals surface area contributed by atoms with Gasteiger partial charge in [0.25, 0.3) is 5.91 Å². The van der Waals surface area contributed by atoms with Crippen molar-refractivity contribution >= 4 is 17.5 Å². The molecule has 0 atom stereocenters. The molecule has 0 aliphatic carbocycles. The molecule has 1 amide bonds. The molecule has 1 fully saturated rings. The second kappa shape index (κ2) is 8.13. The van der Waals surface area contributed by atoms with E-state index in [0.717, 1.165) is 24.7 Å². The number of carbonyl (C=O) groups excluding carboxylic acids is 1. The molecule has 2 aromatic rings. The fraction of sp³-hybridized carbons (Fsp3) is 0.529. The van der Waals surface area contributed by atoms with Gasteiger partial charge in [-0.15, -0.1) is 0 Å². The number of nitrogens with one attached hydrogen (secondary N) is 2. The summed E-state index contributed by atoms with van der Waals surface area (Å²) in [5, 5.41) is 9.88. The third kappa shape index (κ3) is 4.29. The molecule has 0 saturated carbocycles. The quantitative estimate of drug-likeness (QED) is 0.737. The Morgan fingerprint density at radius 3 is 2.65 bits per heavy atom. The highest BCUT2D eigenvalue weighted by molar-refractivity contribution is 5.96. The number of ether oxygens (including phenoxy) is 1. The molecule has 0 aromatic carbocycles. The number of rotatable bonds is 6. The zero-order valence-corrected chi connectivity index (χ0v) is 15.3. The molecule has 1 aliphatic rings. The maximum Gasteiger partial charge on any atom is 0.256 e. The Labute approximate surface area is 152 Å². The van der Waals surface area contributed by atoms with Crippen molar-refractivity contribution in [2.45, 2.75) is 20.8 Å². The first-order chi connectivity index (χ1) is 12.5. The number of anilines is 2. The molecule has 9 nitrogen and oxygen atoms in total. The molecule has 1 aliphatic heterocycles. The summed E-state index contributed by atoms with van der Waals surface area (Å²) >= 11 is 0. The lowest BCUT2D eigenvalue weighted by atomic mass is 10.2. The van der Waals surface area contributed by atoms with Crippen LogP contribution in [0.4, 0.5) is 11.6 Å². The zero-order valence-electron chi connectivity index (χ0n) is 15.3. The second-order valence-electron chi connectivity index (χ2n) is 6.14. The molecule has 0 unspecified atom stereocenters. The standard InChI is InChI=1S/C17H24N6O3/c1-11-16(12(2)26-22-11)17(24)19-5-4-18-14-10-15(21-13(3)20-14)23-6-8-25-9-7-23/h10H,4-9H2,1-3H3,(H,19,24)(H,18,20,21). The molecule has 2 aromatic heterocycles. The molecule has 0 bridgehead atoms. The predicted molar refractivity (Wildman–Crippen MR) is 96.6 cm³/mol. The smallest absolute Gasteiger partial charge is 0.256 e. The summed E-state index contributed by atoms with van der Waals surface area (Å²) in [7, 11) is 0. The van der Waals surface area contributed by atoms with Gasteiger partial charge in [-0.05, 0) is 20.8 Å². The minimum absolute atomic E-state index is 0.184. The zero-order chi connectivity index (χ0) is 18.5. The Morgan fingerprint density at radius 1 is 1.19 bits per heavy atom. The van der Waals surface area contributed by atoms with E-state index < -0.39 is 0 Å². The van der Waals surface area contributed by atoms with Crippen LogP contribution < -0.4 is 15.5 Å². The van der Waals surface area contributed by atoms with Crippen LogP contribution in [0, 0.1) is 20.8 Å². The van der Waals surface area contributed by atoms with Crippen LogP contribution in [0.3, 0.4) is 0 Å². The largest absolute Gasteiger partial charge is 0.378 e. The number of nitrogens with zero attached hydrogens (tertiary/aromatic N) is 4. The average molecular weight is 360 g/mol. The third-order valence-electron chi connectivity index (χ3n) is 4.14. The number of amides is 1. The highest BCUT2D eigenvalue weighted by atomic mass is 16.5. The summed E-state index contributed by atoms with van der Waals surface area (Å²) in [6.07, 6.45) is 0. The lowest BCUT2D eigenvalue weighted by molar-refractivity contribution is 0.0953. The maximum absolute atomic E-state index is 12.2. The third-order valence-corrected chi connectivity index (χ3v) is 4.14. The highest BCUT2D eigenvalue weighted by Crippen LogP contribution is 2.17. The molecule has 3 heterocycles. The van der Waals surface area contributed by atoms with Crippen molar-refractivity contribution in [2.75, 3.05) is 49.6 Å². The van der Waals surface area contributed by atoms with E-state index in [9.17, 15) is 4.79 Å². The van der Waals surface area contributed by atoms with Crippen molar-refractivity contribution in [3.8, 4) is 0 Å². The van der Waals surface area contributed by atoms with Gasteiger partial charge >= 0.3 is 0 Å². The first kappa shape index (κ1) is 18.1. The molecule has 2 N–H and O–H groups in total. The summed E-state index contributed by atoms with van der Waals surface area (Å²) in [5.74, 6) is 2.68. The lowest BCUT2D eigenvalue weighted by Crippen LogP contribution is -2.37. The van der Waals surface area contributed by atoms with Gasteiger partial charge in [-0.2, -0.15) is 0 Å². The molecule has 140 valence electrons. The molecule has 3 rings (SSSR count). The molecule has 0 radical (unpaired) electrons. The van der Waals surface area contributed by atoms with E-state index in [2.05, 4.69) is 30.7 Å². The van der Waals surface area contributed by atoms with Crippen LogP contribution in [0.15, 0.2) is 10.6 Å². The van der Waals surface area contributed by atoms with Crippen LogP contribution >= 0.6 is 0 Å². The van der Waals surface area contributed by atoms with E-state index in [1.54, 1.807) is 13.8 Å². The van der Waals surface area contributed by atoms with Gasteiger partial charge in [0.15, 0.2) is 0 Å². The maximum atomic E-state index is 12.2. The van der Waals surface area contributed by atoms with E-state index in [-0.39, 0.29) is 5.91 Å². The van der Waals surface area contributed by atoms with Crippen molar-refractivity contribution in [1.29, 1.82) is 0 Å². The van der Waals surface area contributed by atoms with Crippen LogP contribution in [0.1, 0.15) is 27.6 Å². The molecule has 0 spiro atoms. The lowest BCUT2D eigenvalue weighted by Gasteiger charge is -2.28. The van der Waals surface area contributed by atoms with Gasteiger partial charge < -0.3 is 24.8 Å². The van der Waals surface area contributed by atoms with Crippen LogP contribution in [-0.4, -0.2) is 60.4 Å². The number of aromatic nitrogens is 3. The second-order valence-corrected chi connectivity index (χ2v) is 6.14. The van der Waals surface area contributed by atoms with Crippen LogP contribution in [0.5, 0.6) is 0 Å². The van der Waals surface area contributed by atoms with Crippen molar-refractivity contribution < 1.29 is 14.1 Å². The van der Waals surface area contributed by atoms with Gasteiger partial charge in [0, 0.05) is 32.2 Å². The number of aryl methyl sites for hydroxylation is 3. The van der Waals surface area contributed by atoms with Crippen LogP contribution in [-0.2, 0) is 4.74 Å². The minimum Gasteiger partial charge on any atom is -0.378 e. The first-order valence-corrected chi connectivity index (χ1v) is 8.68. The topological polar surface area (TPSA) is 105 Å². The SMILES string of the molecule is Cc1nc(NCCNC(=O)c2c(C)noc2C)cc(N2CCOCC2)n1. The molecule has 9 heteroatoms. The van der Waals surface area contributed by atoms with Gasteiger partial charge in [-0.25, -0.2) is 9.97 Å². The van der Waals surface area contributed by atoms with E-state index in [0.29, 0.717) is 49.1 Å². The Bertz CT molecular complexity index is 750.